The van der Waals surface area contributed by atoms with Gasteiger partial charge in [-0.1, -0.05) is 20.8 Å². The van der Waals surface area contributed by atoms with Gasteiger partial charge in [0.05, 0.1) is 0 Å². The maximum absolute atomic E-state index is 12.2. The summed E-state index contributed by atoms with van der Waals surface area (Å²) in [4.78, 5) is 14.2. The second-order valence-electron chi connectivity index (χ2n) is 6.43. The Bertz CT molecular complexity index is 284. The van der Waals surface area contributed by atoms with E-state index in [9.17, 15) is 4.79 Å². The average molecular weight is 238 g/mol. The van der Waals surface area contributed by atoms with Crippen LogP contribution in [-0.2, 0) is 4.79 Å². The average Bonchev–Trinajstić information content (AvgIpc) is 2.85. The summed E-state index contributed by atoms with van der Waals surface area (Å²) in [5, 5.41) is 3.58. The lowest BCUT2D eigenvalue weighted by atomic mass is 10.1. The van der Waals surface area contributed by atoms with Crippen molar-refractivity contribution in [2.24, 2.45) is 11.3 Å². The highest BCUT2D eigenvalue weighted by molar-refractivity contribution is 5.85. The fourth-order valence-corrected chi connectivity index (χ4v) is 2.47. The highest BCUT2D eigenvalue weighted by atomic mass is 16.2. The maximum atomic E-state index is 12.2. The molecule has 1 heterocycles. The molecule has 0 aromatic rings. The first kappa shape index (κ1) is 12.9. The number of carbonyl (C=O) groups is 1. The summed E-state index contributed by atoms with van der Waals surface area (Å²) in [6, 6.07) is 0.528. The van der Waals surface area contributed by atoms with Gasteiger partial charge in [-0.2, -0.15) is 0 Å². The molecule has 1 aliphatic carbocycles. The molecular formula is C14H26N2O. The lowest BCUT2D eigenvalue weighted by molar-refractivity contribution is -0.135. The maximum Gasteiger partial charge on any atom is 0.228 e. The molecule has 0 aromatic carbocycles. The number of hydrogen-bond donors (Lipinski definition) is 1. The quantitative estimate of drug-likeness (QED) is 0.795. The van der Waals surface area contributed by atoms with Crippen molar-refractivity contribution in [2.75, 3.05) is 19.6 Å². The number of hydrogen-bond acceptors (Lipinski definition) is 2. The molecule has 3 heteroatoms. The van der Waals surface area contributed by atoms with E-state index in [0.717, 1.165) is 44.8 Å². The van der Waals surface area contributed by atoms with Crippen molar-refractivity contribution in [2.45, 2.75) is 52.5 Å². The van der Waals surface area contributed by atoms with Crippen molar-refractivity contribution in [3.8, 4) is 0 Å². The second-order valence-corrected chi connectivity index (χ2v) is 6.43. The van der Waals surface area contributed by atoms with Gasteiger partial charge in [-0.3, -0.25) is 4.79 Å². The minimum Gasteiger partial charge on any atom is -0.341 e. The molecule has 2 aliphatic rings. The third-order valence-corrected chi connectivity index (χ3v) is 4.15. The summed E-state index contributed by atoms with van der Waals surface area (Å²) in [6.45, 7) is 9.57. The van der Waals surface area contributed by atoms with Crippen LogP contribution in [0.5, 0.6) is 0 Å². The van der Waals surface area contributed by atoms with E-state index in [-0.39, 0.29) is 5.41 Å². The lowest BCUT2D eigenvalue weighted by Crippen LogP contribution is -2.38. The molecule has 1 N–H and O–H groups in total. The molecule has 2 fully saturated rings. The van der Waals surface area contributed by atoms with Crippen LogP contribution in [-0.4, -0.2) is 36.5 Å². The minimum atomic E-state index is 0.00677. The number of nitrogens with one attached hydrogen (secondary N) is 1. The van der Waals surface area contributed by atoms with Crippen LogP contribution < -0.4 is 5.32 Å². The van der Waals surface area contributed by atoms with Gasteiger partial charge in [-0.15, -0.1) is 0 Å². The molecule has 98 valence electrons. The first-order valence-corrected chi connectivity index (χ1v) is 7.04. The van der Waals surface area contributed by atoms with Crippen LogP contribution in [0.15, 0.2) is 0 Å². The molecule has 0 unspecified atom stereocenters. The van der Waals surface area contributed by atoms with E-state index < -0.39 is 0 Å². The summed E-state index contributed by atoms with van der Waals surface area (Å²) in [6.07, 6.45) is 4.53. The Labute approximate surface area is 105 Å². The van der Waals surface area contributed by atoms with Crippen molar-refractivity contribution in [1.82, 2.24) is 10.2 Å². The van der Waals surface area contributed by atoms with E-state index >= 15 is 0 Å². The first-order valence-electron chi connectivity index (χ1n) is 7.04. The van der Waals surface area contributed by atoms with Crippen LogP contribution in [0.2, 0.25) is 0 Å². The Morgan fingerprint density at radius 2 is 2.18 bits per heavy atom. The summed E-state index contributed by atoms with van der Waals surface area (Å²) >= 11 is 0. The summed E-state index contributed by atoms with van der Waals surface area (Å²) in [5.74, 6) is 1.15. The van der Waals surface area contributed by atoms with Gasteiger partial charge in [0.15, 0.2) is 0 Å². The van der Waals surface area contributed by atoms with E-state index in [4.69, 9.17) is 0 Å². The minimum absolute atomic E-state index is 0.00677. The van der Waals surface area contributed by atoms with Gasteiger partial charge in [0.2, 0.25) is 5.91 Å². The van der Waals surface area contributed by atoms with Gasteiger partial charge in [0.1, 0.15) is 0 Å². The molecule has 17 heavy (non-hydrogen) atoms. The second kappa shape index (κ2) is 4.97. The van der Waals surface area contributed by atoms with E-state index in [1.54, 1.807) is 0 Å². The van der Waals surface area contributed by atoms with Gasteiger partial charge in [0, 0.05) is 24.5 Å². The highest BCUT2D eigenvalue weighted by Crippen LogP contribution is 2.46. The zero-order chi connectivity index (χ0) is 12.5. The van der Waals surface area contributed by atoms with E-state index in [1.165, 1.54) is 6.42 Å². The Morgan fingerprint density at radius 3 is 2.76 bits per heavy atom. The topological polar surface area (TPSA) is 32.3 Å². The van der Waals surface area contributed by atoms with Gasteiger partial charge in [0.25, 0.3) is 0 Å². The Balaban J connectivity index is 1.70. The van der Waals surface area contributed by atoms with Gasteiger partial charge in [-0.05, 0) is 38.1 Å². The summed E-state index contributed by atoms with van der Waals surface area (Å²) in [7, 11) is 0. The van der Waals surface area contributed by atoms with Crippen molar-refractivity contribution in [3.05, 3.63) is 0 Å². The van der Waals surface area contributed by atoms with Crippen molar-refractivity contribution < 1.29 is 4.79 Å². The van der Waals surface area contributed by atoms with Gasteiger partial charge in [-0.25, -0.2) is 0 Å². The normalized spacial score (nSPS) is 26.6. The number of nitrogens with zero attached hydrogens (tertiary/aromatic N) is 1. The summed E-state index contributed by atoms with van der Waals surface area (Å²) < 4.78 is 0. The van der Waals surface area contributed by atoms with Crippen LogP contribution in [0.25, 0.3) is 0 Å². The van der Waals surface area contributed by atoms with Gasteiger partial charge < -0.3 is 10.2 Å². The Hall–Kier alpha value is -0.570. The number of rotatable bonds is 5. The van der Waals surface area contributed by atoms with E-state index in [2.05, 4.69) is 31.0 Å². The molecule has 0 spiro atoms. The van der Waals surface area contributed by atoms with Gasteiger partial charge >= 0.3 is 0 Å². The largest absolute Gasteiger partial charge is 0.341 e. The van der Waals surface area contributed by atoms with Crippen molar-refractivity contribution in [3.63, 3.8) is 0 Å². The van der Waals surface area contributed by atoms with Crippen LogP contribution in [0, 0.1) is 11.3 Å². The fraction of sp³-hybridized carbons (Fsp3) is 0.929. The standard InChI is InChI=1S/C14H26N2O/c1-11(2)4-8-15-12-5-9-16(10-12)13(17)14(3)6-7-14/h11-12,15H,4-10H2,1-3H3/t12-/m0/s1. The molecule has 1 atom stereocenters. The first-order chi connectivity index (χ1) is 8.01. The molecular weight excluding hydrogens is 212 g/mol. The fourth-order valence-electron chi connectivity index (χ4n) is 2.47. The molecule has 3 nitrogen and oxygen atoms in total. The number of carbonyl (C=O) groups excluding carboxylic acids is 1. The van der Waals surface area contributed by atoms with Crippen molar-refractivity contribution >= 4 is 5.91 Å². The van der Waals surface area contributed by atoms with Crippen LogP contribution in [0.4, 0.5) is 0 Å². The zero-order valence-corrected chi connectivity index (χ0v) is 11.5. The Kier molecular flexibility index (Phi) is 3.76. The molecule has 0 aromatic heterocycles. The summed E-state index contributed by atoms with van der Waals surface area (Å²) in [5.41, 5.74) is 0.00677. The SMILES string of the molecule is CC(C)CCN[C@H]1CCN(C(=O)C2(C)CC2)C1. The molecule has 0 radical (unpaired) electrons. The third-order valence-electron chi connectivity index (χ3n) is 4.15. The highest BCUT2D eigenvalue weighted by Gasteiger charge is 2.48. The monoisotopic (exact) mass is 238 g/mol. The molecule has 2 rings (SSSR count). The predicted molar refractivity (Wildman–Crippen MR) is 69.8 cm³/mol. The molecule has 1 amide bonds. The lowest BCUT2D eigenvalue weighted by Gasteiger charge is -2.20. The van der Waals surface area contributed by atoms with E-state index in [1.807, 2.05) is 0 Å². The van der Waals surface area contributed by atoms with E-state index in [0.29, 0.717) is 11.9 Å². The Morgan fingerprint density at radius 1 is 1.47 bits per heavy atom. The smallest absolute Gasteiger partial charge is 0.228 e. The molecule has 1 saturated heterocycles. The predicted octanol–water partition coefficient (Wildman–Crippen LogP) is 2.02. The zero-order valence-electron chi connectivity index (χ0n) is 11.5. The van der Waals surface area contributed by atoms with Crippen molar-refractivity contribution in [1.29, 1.82) is 0 Å². The van der Waals surface area contributed by atoms with Crippen LogP contribution >= 0.6 is 0 Å². The molecule has 0 bridgehead atoms. The van der Waals surface area contributed by atoms with Crippen LogP contribution in [0.1, 0.15) is 46.5 Å². The number of likely N-dealkylation sites (tertiary alicyclic amines) is 1. The third kappa shape index (κ3) is 3.21. The number of amides is 1. The molecule has 1 aliphatic heterocycles. The van der Waals surface area contributed by atoms with Crippen LogP contribution in [0.3, 0.4) is 0 Å². The molecule has 1 saturated carbocycles.